The first-order chi connectivity index (χ1) is 71.1. The minimum Gasteiger partial charge on any atom is -0.208 e. The molecule has 12 heteroatoms. The average Bonchev–Trinajstić information content (AvgIpc) is 0.716. The number of hydrogen-bond acceptors (Lipinski definition) is 12. The summed E-state index contributed by atoms with van der Waals surface area (Å²) in [5.74, 6) is 5.14. The molecule has 21 aromatic carbocycles. The Balaban J connectivity index is 0.534. The highest BCUT2D eigenvalue weighted by molar-refractivity contribution is 6.05. The van der Waals surface area contributed by atoms with Crippen LogP contribution in [0.2, 0.25) is 0 Å². The molecule has 3 aromatic heterocycles. The van der Waals surface area contributed by atoms with Crippen LogP contribution in [0.25, 0.3) is 257 Å². The standard InChI is InChI=1S/C132H80N12/c133-81-84-31-33-86(34-32-84)87-35-49-96(50-36-87)122-79-113(77-115-75-109(68-71-120(115)122)90-41-59-102(60-42-90)128-137-124(98-18-5-1-6-19-98)136-125(138-128)99-20-7-2-8-21-99)92-45-63-106(64-46-92)132-142-127(101-24-11-4-12-25-101)140-130(144-132)104-61-43-91(44-62-104)110-69-72-121-116(76-110)78-114(80-123(121)97-51-37-88(38-52-97)107-27-15-17-85(73-107)82-134)93-47-65-105(66-48-93)131-141-126(100-22-9-3-10-23-100)139-129(143-131)103-57-39-89(40-58-103)108-67-70-119-111(74-108)28-16-30-118(119)95-55-53-94(54-56-95)117-29-14-13-26-112(117)83-135/h1-80H. The van der Waals surface area contributed by atoms with Crippen molar-refractivity contribution in [2.24, 2.45) is 0 Å². The number of rotatable bonds is 20. The van der Waals surface area contributed by atoms with Crippen molar-refractivity contribution in [2.45, 2.75) is 0 Å². The Hall–Kier alpha value is -20.1. The molecule has 0 unspecified atom stereocenters. The summed E-state index contributed by atoms with van der Waals surface area (Å²) >= 11 is 0. The quantitative estimate of drug-likeness (QED) is 0.0703. The van der Waals surface area contributed by atoms with Gasteiger partial charge < -0.3 is 0 Å². The number of nitriles is 3. The van der Waals surface area contributed by atoms with E-state index in [1.165, 1.54) is 0 Å². The number of nitrogens with zero attached hydrogens (tertiary/aromatic N) is 12. The van der Waals surface area contributed by atoms with Crippen molar-refractivity contribution >= 4 is 32.3 Å². The summed E-state index contributed by atoms with van der Waals surface area (Å²) in [6.45, 7) is 0. The SMILES string of the molecule is N#Cc1ccc(-c2ccc(-c3cc(-c4ccc(-c5nc(-c6ccccc6)nc(-c6ccc(-c7ccc8c(-c9ccc(-c%10cccc(C#N)c%10)cc9)cc(-c9ccc(-c%10nc(-c%11ccccc%11)nc(-c%11ccc(-c%12ccc%13c(-c%14ccc(-c%15ccccc%15C#N)cc%14)cccc%13c%12)cc%11)n%10)cc9)cc8c7)cc6)n5)cc4)cc4cc(-c5ccc(-c6nc(-c7ccccc7)nc(-c7ccccc7)n6)cc5)ccc34)cc2)cc1. The predicted octanol–water partition coefficient (Wildman–Crippen LogP) is 32.7. The lowest BCUT2D eigenvalue weighted by molar-refractivity contribution is 1.07. The van der Waals surface area contributed by atoms with Crippen LogP contribution >= 0.6 is 0 Å². The fourth-order valence-corrected chi connectivity index (χ4v) is 19.2. The van der Waals surface area contributed by atoms with E-state index in [4.69, 9.17) is 44.9 Å². The van der Waals surface area contributed by atoms with Gasteiger partial charge in [0.25, 0.3) is 0 Å². The Morgan fingerprint density at radius 3 is 0.681 bits per heavy atom. The topological polar surface area (TPSA) is 187 Å². The van der Waals surface area contributed by atoms with Gasteiger partial charge in [-0.2, -0.15) is 15.8 Å². The Morgan fingerprint density at radius 1 is 0.125 bits per heavy atom. The molecule has 0 saturated heterocycles. The van der Waals surface area contributed by atoms with Crippen LogP contribution in [0.4, 0.5) is 0 Å². The summed E-state index contributed by atoms with van der Waals surface area (Å²) in [7, 11) is 0. The number of hydrogen-bond donors (Lipinski definition) is 0. The highest BCUT2D eigenvalue weighted by Crippen LogP contribution is 2.44. The Kier molecular flexibility index (Phi) is 23.0. The minimum absolute atomic E-state index is 0.541. The zero-order valence-corrected chi connectivity index (χ0v) is 77.6. The first-order valence-corrected chi connectivity index (χ1v) is 47.6. The van der Waals surface area contributed by atoms with Gasteiger partial charge >= 0.3 is 0 Å². The molecule has 0 atom stereocenters. The third-order valence-electron chi connectivity index (χ3n) is 26.8. The molecule has 3 heterocycles. The molecule has 24 rings (SSSR count). The molecular weight excluding hydrogens is 1750 g/mol. The molecule has 0 spiro atoms. The maximum absolute atomic E-state index is 9.86. The van der Waals surface area contributed by atoms with Crippen LogP contribution in [0.15, 0.2) is 485 Å². The van der Waals surface area contributed by atoms with Gasteiger partial charge in [-0.25, -0.2) is 44.9 Å². The maximum atomic E-state index is 9.86. The summed E-state index contributed by atoms with van der Waals surface area (Å²) in [5, 5.41) is 35.9. The highest BCUT2D eigenvalue weighted by Gasteiger charge is 2.22. The fourth-order valence-electron chi connectivity index (χ4n) is 19.2. The molecule has 0 aliphatic heterocycles. The summed E-state index contributed by atoms with van der Waals surface area (Å²) < 4.78 is 0. The van der Waals surface area contributed by atoms with Gasteiger partial charge in [-0.1, -0.05) is 413 Å². The molecule has 0 fully saturated rings. The molecule has 12 nitrogen and oxygen atoms in total. The van der Waals surface area contributed by atoms with E-state index in [0.29, 0.717) is 69.1 Å². The van der Waals surface area contributed by atoms with Crippen molar-refractivity contribution < 1.29 is 0 Å². The van der Waals surface area contributed by atoms with Gasteiger partial charge in [0, 0.05) is 50.1 Å². The van der Waals surface area contributed by atoms with E-state index in [0.717, 1.165) is 205 Å². The smallest absolute Gasteiger partial charge is 0.164 e. The molecule has 668 valence electrons. The summed E-state index contributed by atoms with van der Waals surface area (Å²) in [5.41, 5.74) is 32.7. The third kappa shape index (κ3) is 17.6. The lowest BCUT2D eigenvalue weighted by Gasteiger charge is -2.14. The fraction of sp³-hybridized carbons (Fsp3) is 0. The molecule has 0 N–H and O–H groups in total. The second-order valence-corrected chi connectivity index (χ2v) is 35.7. The van der Waals surface area contributed by atoms with E-state index >= 15 is 0 Å². The van der Waals surface area contributed by atoms with Gasteiger partial charge in [0.15, 0.2) is 52.4 Å². The normalized spacial score (nSPS) is 11.2. The molecule has 0 bridgehead atoms. The first kappa shape index (κ1) is 86.7. The van der Waals surface area contributed by atoms with Crippen molar-refractivity contribution in [3.63, 3.8) is 0 Å². The molecule has 144 heavy (non-hydrogen) atoms. The van der Waals surface area contributed by atoms with Gasteiger partial charge in [-0.15, -0.1) is 0 Å². The van der Waals surface area contributed by atoms with Crippen molar-refractivity contribution in [3.05, 3.63) is 502 Å². The van der Waals surface area contributed by atoms with Crippen molar-refractivity contribution in [3.8, 4) is 243 Å². The Bertz CT molecular complexity index is 9110. The maximum Gasteiger partial charge on any atom is 0.164 e. The number of benzene rings is 21. The van der Waals surface area contributed by atoms with Gasteiger partial charge in [0.1, 0.15) is 0 Å². The van der Waals surface area contributed by atoms with Crippen LogP contribution in [0.5, 0.6) is 0 Å². The van der Waals surface area contributed by atoms with E-state index in [9.17, 15) is 15.8 Å². The van der Waals surface area contributed by atoms with Crippen molar-refractivity contribution in [1.82, 2.24) is 44.9 Å². The lowest BCUT2D eigenvalue weighted by Crippen LogP contribution is -2.00. The van der Waals surface area contributed by atoms with Gasteiger partial charge in [-0.3, -0.25) is 0 Å². The summed E-state index contributed by atoms with van der Waals surface area (Å²) in [6.07, 6.45) is 0. The average molecular weight is 1830 g/mol. The van der Waals surface area contributed by atoms with E-state index in [2.05, 4.69) is 309 Å². The molecule has 0 radical (unpaired) electrons. The molecule has 0 amide bonds. The first-order valence-electron chi connectivity index (χ1n) is 47.6. The molecule has 0 aliphatic carbocycles. The zero-order chi connectivity index (χ0) is 96.3. The largest absolute Gasteiger partial charge is 0.208 e. The van der Waals surface area contributed by atoms with Crippen LogP contribution < -0.4 is 0 Å². The number of fused-ring (bicyclic) bond motifs is 3. The van der Waals surface area contributed by atoms with Gasteiger partial charge in [-0.05, 0) is 228 Å². The van der Waals surface area contributed by atoms with E-state index in [1.807, 2.05) is 194 Å². The predicted molar refractivity (Wildman–Crippen MR) is 582 cm³/mol. The van der Waals surface area contributed by atoms with Crippen LogP contribution in [-0.4, -0.2) is 44.9 Å². The third-order valence-corrected chi connectivity index (χ3v) is 26.8. The minimum atomic E-state index is 0.541. The zero-order valence-electron chi connectivity index (χ0n) is 77.6. The van der Waals surface area contributed by atoms with Gasteiger partial charge in [0.05, 0.1) is 34.9 Å². The molecule has 0 saturated carbocycles. The molecule has 24 aromatic rings. The highest BCUT2D eigenvalue weighted by atomic mass is 15.1. The molecule has 0 aliphatic rings. The van der Waals surface area contributed by atoms with E-state index in [-0.39, 0.29) is 0 Å². The van der Waals surface area contributed by atoms with Crippen LogP contribution in [0.3, 0.4) is 0 Å². The Morgan fingerprint density at radius 2 is 0.347 bits per heavy atom. The van der Waals surface area contributed by atoms with Gasteiger partial charge in [0.2, 0.25) is 0 Å². The Labute approximate surface area is 832 Å². The van der Waals surface area contributed by atoms with E-state index in [1.54, 1.807) is 0 Å². The molecular formula is C132H80N12. The lowest BCUT2D eigenvalue weighted by atomic mass is 9.90. The second kappa shape index (κ2) is 38.1. The van der Waals surface area contributed by atoms with E-state index < -0.39 is 0 Å². The van der Waals surface area contributed by atoms with Crippen molar-refractivity contribution in [1.29, 1.82) is 15.8 Å². The monoisotopic (exact) mass is 1830 g/mol. The van der Waals surface area contributed by atoms with Crippen molar-refractivity contribution in [2.75, 3.05) is 0 Å². The van der Waals surface area contributed by atoms with Crippen LogP contribution in [0.1, 0.15) is 16.7 Å². The van der Waals surface area contributed by atoms with Crippen LogP contribution in [-0.2, 0) is 0 Å². The number of aromatic nitrogens is 9. The summed E-state index contributed by atoms with van der Waals surface area (Å²) in [4.78, 5) is 46.2. The summed E-state index contributed by atoms with van der Waals surface area (Å²) in [6, 6.07) is 174. The van der Waals surface area contributed by atoms with Crippen LogP contribution in [0, 0.1) is 34.0 Å². The second-order valence-electron chi connectivity index (χ2n) is 35.7.